The lowest BCUT2D eigenvalue weighted by Gasteiger charge is -2.22. The highest BCUT2D eigenvalue weighted by atomic mass is 14.9. The topological polar surface area (TPSA) is 25.8 Å². The molecule has 1 aliphatic carbocycles. The van der Waals surface area contributed by atoms with Gasteiger partial charge in [0.25, 0.3) is 0 Å². The molecule has 1 heterocycles. The summed E-state index contributed by atoms with van der Waals surface area (Å²) in [5.41, 5.74) is 15.4. The van der Waals surface area contributed by atoms with Crippen LogP contribution in [0.25, 0.3) is 56.2 Å². The number of hydrogen-bond donors (Lipinski definition) is 0. The van der Waals surface area contributed by atoms with Crippen LogP contribution < -0.4 is 0 Å². The van der Waals surface area contributed by atoms with Gasteiger partial charge in [-0.05, 0) is 71.5 Å². The normalized spacial score (nSPS) is 13.1. The molecule has 0 spiro atoms. The summed E-state index contributed by atoms with van der Waals surface area (Å²) in [4.78, 5) is 10.0. The second kappa shape index (κ2) is 9.67. The van der Waals surface area contributed by atoms with Gasteiger partial charge < -0.3 is 0 Å². The Kier molecular flexibility index (Phi) is 5.94. The van der Waals surface area contributed by atoms with E-state index in [1.807, 2.05) is 0 Å². The van der Waals surface area contributed by atoms with Gasteiger partial charge in [-0.1, -0.05) is 122 Å². The molecule has 0 atom stereocenters. The van der Waals surface area contributed by atoms with Crippen LogP contribution >= 0.6 is 0 Å². The maximum absolute atomic E-state index is 5.04. The number of benzene rings is 5. The third kappa shape index (κ3) is 4.46. The van der Waals surface area contributed by atoms with Crippen LogP contribution in [0.5, 0.6) is 0 Å². The zero-order valence-electron chi connectivity index (χ0n) is 23.9. The fraction of sp³-hybridized carbons (Fsp3) is 0.128. The molecule has 0 unspecified atom stereocenters. The largest absolute Gasteiger partial charge is 0.228 e. The molecule has 41 heavy (non-hydrogen) atoms. The second-order valence-corrected chi connectivity index (χ2v) is 11.7. The molecule has 7 rings (SSSR count). The van der Waals surface area contributed by atoms with Gasteiger partial charge in [0.1, 0.15) is 0 Å². The van der Waals surface area contributed by atoms with Gasteiger partial charge in [0.15, 0.2) is 5.82 Å². The number of fused-ring (bicyclic) bond motifs is 3. The third-order valence-electron chi connectivity index (χ3n) is 8.41. The molecule has 2 nitrogen and oxygen atoms in total. The molecule has 0 saturated heterocycles. The van der Waals surface area contributed by atoms with Crippen molar-refractivity contribution in [2.75, 3.05) is 0 Å². The Labute approximate surface area is 242 Å². The van der Waals surface area contributed by atoms with E-state index in [-0.39, 0.29) is 5.41 Å². The van der Waals surface area contributed by atoms with Crippen molar-refractivity contribution in [2.24, 2.45) is 0 Å². The summed E-state index contributed by atoms with van der Waals surface area (Å²) in [6, 6.07) is 43.5. The summed E-state index contributed by atoms with van der Waals surface area (Å²) < 4.78 is 0. The van der Waals surface area contributed by atoms with Crippen molar-refractivity contribution < 1.29 is 0 Å². The molecule has 198 valence electrons. The minimum atomic E-state index is -0.0127. The van der Waals surface area contributed by atoms with Crippen LogP contribution in [0.2, 0.25) is 0 Å². The van der Waals surface area contributed by atoms with Gasteiger partial charge in [-0.25, -0.2) is 9.97 Å². The van der Waals surface area contributed by atoms with Crippen molar-refractivity contribution in [1.29, 1.82) is 0 Å². The number of hydrogen-bond acceptors (Lipinski definition) is 2. The smallest absolute Gasteiger partial charge is 0.160 e. The fourth-order valence-corrected chi connectivity index (χ4v) is 6.18. The van der Waals surface area contributed by atoms with Crippen molar-refractivity contribution in [3.63, 3.8) is 0 Å². The molecule has 0 radical (unpaired) electrons. The number of rotatable bonds is 4. The van der Waals surface area contributed by atoms with Crippen molar-refractivity contribution in [1.82, 2.24) is 9.97 Å². The Morgan fingerprint density at radius 3 is 1.76 bits per heavy atom. The summed E-state index contributed by atoms with van der Waals surface area (Å²) in [5, 5.41) is 0. The van der Waals surface area contributed by atoms with Gasteiger partial charge in [0.2, 0.25) is 0 Å². The molecular formula is C39H32N2. The van der Waals surface area contributed by atoms with E-state index in [1.165, 1.54) is 44.5 Å². The van der Waals surface area contributed by atoms with Crippen LogP contribution in [0.4, 0.5) is 0 Å². The number of nitrogens with zero attached hydrogens (tertiary/aromatic N) is 2. The summed E-state index contributed by atoms with van der Waals surface area (Å²) in [5.74, 6) is 0.743. The van der Waals surface area contributed by atoms with Crippen LogP contribution in [-0.2, 0) is 5.41 Å². The van der Waals surface area contributed by atoms with Gasteiger partial charge in [-0.15, -0.1) is 0 Å². The predicted molar refractivity (Wildman–Crippen MR) is 171 cm³/mol. The number of aromatic nitrogens is 2. The maximum atomic E-state index is 5.04. The summed E-state index contributed by atoms with van der Waals surface area (Å²) in [6.07, 6.45) is 0. The summed E-state index contributed by atoms with van der Waals surface area (Å²) in [6.45, 7) is 8.88. The molecule has 0 bridgehead atoms. The van der Waals surface area contributed by atoms with E-state index in [2.05, 4.69) is 149 Å². The zero-order chi connectivity index (χ0) is 28.1. The lowest BCUT2D eigenvalue weighted by atomic mass is 9.81. The first-order chi connectivity index (χ1) is 19.9. The van der Waals surface area contributed by atoms with Crippen LogP contribution in [0.3, 0.4) is 0 Å². The van der Waals surface area contributed by atoms with E-state index in [1.54, 1.807) is 0 Å². The van der Waals surface area contributed by atoms with Gasteiger partial charge in [0.05, 0.1) is 11.4 Å². The Morgan fingerprint density at radius 2 is 1.02 bits per heavy atom. The van der Waals surface area contributed by atoms with Crippen LogP contribution in [0.1, 0.15) is 36.1 Å². The highest BCUT2D eigenvalue weighted by Gasteiger charge is 2.35. The SMILES string of the molecule is Cc1cccc(-c2cc(-c3ccc(-c4ccc5c(c4)C(C)(C)c4ccccc4-5)cc3)nc(-c3cccc(C)c3)n2)c1. The Bertz CT molecular complexity index is 1870. The minimum Gasteiger partial charge on any atom is -0.228 e. The molecule has 0 saturated carbocycles. The predicted octanol–water partition coefficient (Wildman–Crippen LogP) is 10.1. The quantitative estimate of drug-likeness (QED) is 0.227. The average molecular weight is 529 g/mol. The lowest BCUT2D eigenvalue weighted by molar-refractivity contribution is 0.660. The van der Waals surface area contributed by atoms with Gasteiger partial charge >= 0.3 is 0 Å². The molecular weight excluding hydrogens is 496 g/mol. The second-order valence-electron chi connectivity index (χ2n) is 11.7. The maximum Gasteiger partial charge on any atom is 0.160 e. The van der Waals surface area contributed by atoms with Crippen molar-refractivity contribution >= 4 is 0 Å². The van der Waals surface area contributed by atoms with Crippen LogP contribution in [0, 0.1) is 13.8 Å². The first-order valence-electron chi connectivity index (χ1n) is 14.3. The van der Waals surface area contributed by atoms with E-state index in [9.17, 15) is 0 Å². The van der Waals surface area contributed by atoms with Crippen molar-refractivity contribution in [2.45, 2.75) is 33.1 Å². The third-order valence-corrected chi connectivity index (χ3v) is 8.41. The first-order valence-corrected chi connectivity index (χ1v) is 14.3. The van der Waals surface area contributed by atoms with Gasteiger partial charge in [0, 0.05) is 22.1 Å². The molecule has 2 heteroatoms. The summed E-state index contributed by atoms with van der Waals surface area (Å²) in [7, 11) is 0. The van der Waals surface area contributed by atoms with Crippen LogP contribution in [-0.4, -0.2) is 9.97 Å². The van der Waals surface area contributed by atoms with Gasteiger partial charge in [-0.2, -0.15) is 0 Å². The van der Waals surface area contributed by atoms with Crippen molar-refractivity contribution in [3.05, 3.63) is 144 Å². The molecule has 0 N–H and O–H groups in total. The number of aryl methyl sites for hydroxylation is 2. The van der Waals surface area contributed by atoms with E-state index in [0.29, 0.717) is 0 Å². The molecule has 5 aromatic carbocycles. The van der Waals surface area contributed by atoms with E-state index >= 15 is 0 Å². The summed E-state index contributed by atoms with van der Waals surface area (Å²) >= 11 is 0. The van der Waals surface area contributed by atoms with Crippen LogP contribution in [0.15, 0.2) is 121 Å². The van der Waals surface area contributed by atoms with E-state index < -0.39 is 0 Å². The highest BCUT2D eigenvalue weighted by molar-refractivity contribution is 5.84. The Hall–Kier alpha value is -4.82. The standard InChI is InChI=1S/C39H32N2/c1-25-9-7-11-30(21-25)37-24-36(40-38(41-37)31-12-8-10-26(2)22-31)28-17-15-27(16-18-28)29-19-20-33-32-13-5-6-14-34(32)39(3,4)35(33)23-29/h5-24H,1-4H3. The first kappa shape index (κ1) is 25.2. The lowest BCUT2D eigenvalue weighted by Crippen LogP contribution is -2.14. The fourth-order valence-electron chi connectivity index (χ4n) is 6.18. The monoisotopic (exact) mass is 528 g/mol. The molecule has 0 aliphatic heterocycles. The molecule has 1 aromatic heterocycles. The zero-order valence-corrected chi connectivity index (χ0v) is 23.9. The molecule has 0 fully saturated rings. The molecule has 1 aliphatic rings. The molecule has 6 aromatic rings. The highest BCUT2D eigenvalue weighted by Crippen LogP contribution is 2.49. The van der Waals surface area contributed by atoms with E-state index in [4.69, 9.17) is 9.97 Å². The van der Waals surface area contributed by atoms with E-state index in [0.717, 1.165) is 33.9 Å². The van der Waals surface area contributed by atoms with Gasteiger partial charge in [-0.3, -0.25) is 0 Å². The molecule has 0 amide bonds. The average Bonchev–Trinajstić information content (AvgIpc) is 3.23. The van der Waals surface area contributed by atoms with Crippen molar-refractivity contribution in [3.8, 4) is 56.2 Å². The minimum absolute atomic E-state index is 0.0127. The Balaban J connectivity index is 1.29. The Morgan fingerprint density at radius 1 is 0.439 bits per heavy atom.